The number of hydrogen-bond acceptors (Lipinski definition) is 4. The summed E-state index contributed by atoms with van der Waals surface area (Å²) in [6.07, 6.45) is 5.07. The lowest BCUT2D eigenvalue weighted by Crippen LogP contribution is -2.51. The molecule has 118 valence electrons. The van der Waals surface area contributed by atoms with Crippen LogP contribution >= 0.6 is 11.3 Å². The number of nitrogens with one attached hydrogen (secondary N) is 1. The normalized spacial score (nSPS) is 27.8. The van der Waals surface area contributed by atoms with Crippen LogP contribution in [0.3, 0.4) is 0 Å². The molecular formula is C16H20N2O3S. The van der Waals surface area contributed by atoms with Gasteiger partial charge in [-0.3, -0.25) is 9.59 Å². The Morgan fingerprint density at radius 2 is 2.18 bits per heavy atom. The summed E-state index contributed by atoms with van der Waals surface area (Å²) in [5, 5.41) is 2.99. The zero-order chi connectivity index (χ0) is 15.1. The molecule has 0 aromatic carbocycles. The van der Waals surface area contributed by atoms with Gasteiger partial charge in [0.1, 0.15) is 6.61 Å². The maximum absolute atomic E-state index is 12.7. The molecule has 0 spiro atoms. The van der Waals surface area contributed by atoms with Gasteiger partial charge >= 0.3 is 0 Å². The number of carbonyl (C=O) groups excluding carboxylic acids is 2. The van der Waals surface area contributed by atoms with Crippen LogP contribution in [0.2, 0.25) is 0 Å². The quantitative estimate of drug-likeness (QED) is 0.850. The van der Waals surface area contributed by atoms with Crippen LogP contribution in [0.15, 0.2) is 6.07 Å². The number of nitrogens with zero attached hydrogens (tertiary/aromatic N) is 1. The van der Waals surface area contributed by atoms with Crippen LogP contribution < -0.4 is 5.32 Å². The molecule has 0 radical (unpaired) electrons. The van der Waals surface area contributed by atoms with E-state index in [2.05, 4.69) is 11.4 Å². The van der Waals surface area contributed by atoms with Gasteiger partial charge in [0.2, 0.25) is 5.91 Å². The second-order valence-corrected chi connectivity index (χ2v) is 7.44. The van der Waals surface area contributed by atoms with Crippen molar-refractivity contribution < 1.29 is 14.3 Å². The van der Waals surface area contributed by atoms with Crippen molar-refractivity contribution in [2.45, 2.75) is 44.2 Å². The highest BCUT2D eigenvalue weighted by Gasteiger charge is 2.34. The van der Waals surface area contributed by atoms with Crippen LogP contribution in [0.25, 0.3) is 0 Å². The van der Waals surface area contributed by atoms with Crippen molar-refractivity contribution >= 4 is 23.2 Å². The molecule has 3 aliphatic rings. The molecule has 0 bridgehead atoms. The Labute approximate surface area is 133 Å². The molecule has 3 heterocycles. The first-order valence-electron chi connectivity index (χ1n) is 8.02. The van der Waals surface area contributed by atoms with Crippen LogP contribution in [0, 0.1) is 0 Å². The molecule has 0 saturated carbocycles. The molecule has 2 aliphatic heterocycles. The Kier molecular flexibility index (Phi) is 3.66. The van der Waals surface area contributed by atoms with Gasteiger partial charge in [0.05, 0.1) is 17.0 Å². The molecule has 1 aromatic rings. The van der Waals surface area contributed by atoms with Crippen LogP contribution in [-0.4, -0.2) is 48.6 Å². The van der Waals surface area contributed by atoms with E-state index in [1.165, 1.54) is 16.9 Å². The monoisotopic (exact) mass is 320 g/mol. The third-order valence-corrected chi connectivity index (χ3v) is 6.09. The van der Waals surface area contributed by atoms with Gasteiger partial charge in [0.15, 0.2) is 0 Å². The predicted molar refractivity (Wildman–Crippen MR) is 83.2 cm³/mol. The molecule has 2 fully saturated rings. The van der Waals surface area contributed by atoms with Gasteiger partial charge in [0.25, 0.3) is 5.91 Å². The van der Waals surface area contributed by atoms with Gasteiger partial charge in [0, 0.05) is 18.0 Å². The first-order valence-corrected chi connectivity index (χ1v) is 8.84. The van der Waals surface area contributed by atoms with Crippen molar-refractivity contribution in [3.63, 3.8) is 0 Å². The van der Waals surface area contributed by atoms with E-state index < -0.39 is 0 Å². The molecule has 2 saturated heterocycles. The minimum Gasteiger partial charge on any atom is -0.366 e. The number of fused-ring (bicyclic) bond motifs is 2. The SMILES string of the molecule is O=C1CO[C@H]2CCN(C(=O)c3cc4c(s3)CCC4)CC[C@@H]2N1. The van der Waals surface area contributed by atoms with E-state index in [0.29, 0.717) is 13.1 Å². The summed E-state index contributed by atoms with van der Waals surface area (Å²) in [6, 6.07) is 2.14. The van der Waals surface area contributed by atoms with E-state index in [4.69, 9.17) is 4.74 Å². The fraction of sp³-hybridized carbons (Fsp3) is 0.625. The highest BCUT2D eigenvalue weighted by atomic mass is 32.1. The number of morpholine rings is 1. The highest BCUT2D eigenvalue weighted by Crippen LogP contribution is 2.31. The van der Waals surface area contributed by atoms with Crippen molar-refractivity contribution in [3.8, 4) is 0 Å². The zero-order valence-electron chi connectivity index (χ0n) is 12.5. The third-order valence-electron chi connectivity index (χ3n) is 4.86. The second kappa shape index (κ2) is 5.66. The molecule has 2 atom stereocenters. The van der Waals surface area contributed by atoms with Gasteiger partial charge in [-0.25, -0.2) is 0 Å². The Balaban J connectivity index is 1.46. The molecule has 1 aliphatic carbocycles. The average molecular weight is 320 g/mol. The van der Waals surface area contributed by atoms with Crippen molar-refractivity contribution in [2.24, 2.45) is 0 Å². The summed E-state index contributed by atoms with van der Waals surface area (Å²) < 4.78 is 5.61. The summed E-state index contributed by atoms with van der Waals surface area (Å²) in [5.74, 6) is 0.0973. The predicted octanol–water partition coefficient (Wildman–Crippen LogP) is 1.36. The van der Waals surface area contributed by atoms with E-state index in [-0.39, 0.29) is 30.6 Å². The van der Waals surface area contributed by atoms with Gasteiger partial charge < -0.3 is 15.0 Å². The Morgan fingerprint density at radius 1 is 1.32 bits per heavy atom. The Bertz CT molecular complexity index is 591. The fourth-order valence-electron chi connectivity index (χ4n) is 3.67. The number of carbonyl (C=O) groups is 2. The molecule has 5 nitrogen and oxygen atoms in total. The number of thiophene rings is 1. The largest absolute Gasteiger partial charge is 0.366 e. The third kappa shape index (κ3) is 2.54. The summed E-state index contributed by atoms with van der Waals surface area (Å²) in [4.78, 5) is 28.4. The van der Waals surface area contributed by atoms with Crippen molar-refractivity contribution in [2.75, 3.05) is 19.7 Å². The standard InChI is InChI=1S/C16H20N2O3S/c19-15-9-21-12-5-7-18(6-4-11(12)17-15)16(20)14-8-10-2-1-3-13(10)22-14/h8,11-12H,1-7,9H2,(H,17,19)/t11-,12-/m0/s1. The van der Waals surface area contributed by atoms with Crippen LogP contribution in [0.5, 0.6) is 0 Å². The van der Waals surface area contributed by atoms with E-state index in [1.54, 1.807) is 11.3 Å². The lowest BCUT2D eigenvalue weighted by atomic mass is 10.0. The number of amides is 2. The van der Waals surface area contributed by atoms with E-state index >= 15 is 0 Å². The minimum atomic E-state index is -0.0456. The smallest absolute Gasteiger partial charge is 0.263 e. The summed E-state index contributed by atoms with van der Waals surface area (Å²) in [5.41, 5.74) is 1.37. The first-order chi connectivity index (χ1) is 10.7. The molecule has 1 aromatic heterocycles. The van der Waals surface area contributed by atoms with Gasteiger partial charge in [-0.2, -0.15) is 0 Å². The van der Waals surface area contributed by atoms with Gasteiger partial charge in [-0.05, 0) is 43.7 Å². The number of hydrogen-bond donors (Lipinski definition) is 1. The molecule has 1 N–H and O–H groups in total. The lowest BCUT2D eigenvalue weighted by molar-refractivity contribution is -0.136. The number of ether oxygens (including phenoxy) is 1. The van der Waals surface area contributed by atoms with Crippen molar-refractivity contribution in [1.29, 1.82) is 0 Å². The summed E-state index contributed by atoms with van der Waals surface area (Å²) in [6.45, 7) is 1.54. The molecule has 0 unspecified atom stereocenters. The summed E-state index contributed by atoms with van der Waals surface area (Å²) >= 11 is 1.66. The molecule has 4 rings (SSSR count). The fourth-order valence-corrected chi connectivity index (χ4v) is 4.89. The second-order valence-electron chi connectivity index (χ2n) is 6.31. The maximum Gasteiger partial charge on any atom is 0.263 e. The van der Waals surface area contributed by atoms with Crippen molar-refractivity contribution in [1.82, 2.24) is 10.2 Å². The summed E-state index contributed by atoms with van der Waals surface area (Å²) in [7, 11) is 0. The van der Waals surface area contributed by atoms with E-state index in [9.17, 15) is 9.59 Å². The maximum atomic E-state index is 12.7. The zero-order valence-corrected chi connectivity index (χ0v) is 13.3. The van der Waals surface area contributed by atoms with Gasteiger partial charge in [-0.15, -0.1) is 11.3 Å². The Hall–Kier alpha value is -1.40. The first kappa shape index (κ1) is 14.2. The number of rotatable bonds is 1. The number of aryl methyl sites for hydroxylation is 2. The van der Waals surface area contributed by atoms with Crippen LogP contribution in [0.4, 0.5) is 0 Å². The van der Waals surface area contributed by atoms with E-state index in [0.717, 1.165) is 30.6 Å². The Morgan fingerprint density at radius 3 is 3.05 bits per heavy atom. The molecule has 6 heteroatoms. The average Bonchev–Trinajstić information content (AvgIpc) is 3.03. The van der Waals surface area contributed by atoms with E-state index in [1.807, 2.05) is 4.90 Å². The number of likely N-dealkylation sites (tertiary alicyclic amines) is 1. The van der Waals surface area contributed by atoms with Gasteiger partial charge in [-0.1, -0.05) is 0 Å². The molecule has 2 amide bonds. The van der Waals surface area contributed by atoms with Crippen LogP contribution in [0.1, 0.15) is 39.4 Å². The highest BCUT2D eigenvalue weighted by molar-refractivity contribution is 7.14. The molecule has 22 heavy (non-hydrogen) atoms. The molecular weight excluding hydrogens is 300 g/mol. The minimum absolute atomic E-state index is 0.0452. The topological polar surface area (TPSA) is 58.6 Å². The lowest BCUT2D eigenvalue weighted by Gasteiger charge is -2.30. The van der Waals surface area contributed by atoms with Crippen molar-refractivity contribution in [3.05, 3.63) is 21.4 Å². The van der Waals surface area contributed by atoms with Crippen LogP contribution in [-0.2, 0) is 22.4 Å².